The van der Waals surface area contributed by atoms with Gasteiger partial charge in [0.15, 0.2) is 0 Å². The third-order valence-corrected chi connectivity index (χ3v) is 15.5. The van der Waals surface area contributed by atoms with Crippen LogP contribution in [0.5, 0.6) is 0 Å². The molecule has 0 radical (unpaired) electrons. The van der Waals surface area contributed by atoms with Gasteiger partial charge in [-0.1, -0.05) is 147 Å². The molecule has 9 aromatic rings. The van der Waals surface area contributed by atoms with Crippen molar-refractivity contribution in [2.45, 2.75) is 13.1 Å². The van der Waals surface area contributed by atoms with Gasteiger partial charge in [-0.25, -0.2) is 0 Å². The number of hydrogen-bond donors (Lipinski definition) is 0. The van der Waals surface area contributed by atoms with Gasteiger partial charge in [-0.2, -0.15) is 0 Å². The Labute approximate surface area is 303 Å². The molecule has 1 aromatic heterocycles. The monoisotopic (exact) mass is 685 g/mol. The summed E-state index contributed by atoms with van der Waals surface area (Å²) in [6, 6.07) is 65.1. The number of rotatable bonds is 5. The SMILES string of the molecule is C[Si]1(C)c2cc(N(c3ccccc3-c3ccccc3)c3ccccc3-c3ccc4ccccc4c3)ccc2-c2c1ccc1sc3ccccc3c21. The van der Waals surface area contributed by atoms with Crippen molar-refractivity contribution in [1.29, 1.82) is 0 Å². The first-order valence-electron chi connectivity index (χ1n) is 17.7. The number of anilines is 3. The Morgan fingerprint density at radius 3 is 1.92 bits per heavy atom. The first-order chi connectivity index (χ1) is 25.1. The molecule has 0 saturated carbocycles. The number of para-hydroxylation sites is 2. The van der Waals surface area contributed by atoms with Crippen LogP contribution >= 0.6 is 11.3 Å². The van der Waals surface area contributed by atoms with Gasteiger partial charge >= 0.3 is 0 Å². The van der Waals surface area contributed by atoms with Gasteiger partial charge in [-0.3, -0.25) is 0 Å². The van der Waals surface area contributed by atoms with Gasteiger partial charge in [-0.05, 0) is 85.9 Å². The largest absolute Gasteiger partial charge is 0.309 e. The lowest BCUT2D eigenvalue weighted by Gasteiger charge is -2.31. The molecule has 0 aliphatic carbocycles. The minimum Gasteiger partial charge on any atom is -0.309 e. The quantitative estimate of drug-likeness (QED) is 0.163. The smallest absolute Gasteiger partial charge is 0.113 e. The molecule has 1 aliphatic rings. The molecule has 0 unspecified atom stereocenters. The van der Waals surface area contributed by atoms with E-state index in [2.05, 4.69) is 194 Å². The van der Waals surface area contributed by atoms with E-state index in [9.17, 15) is 0 Å². The summed E-state index contributed by atoms with van der Waals surface area (Å²) < 4.78 is 2.74. The molecule has 0 atom stereocenters. The third-order valence-electron chi connectivity index (χ3n) is 10.9. The van der Waals surface area contributed by atoms with Crippen molar-refractivity contribution in [2.75, 3.05) is 4.90 Å². The highest BCUT2D eigenvalue weighted by Crippen LogP contribution is 2.47. The van der Waals surface area contributed by atoms with E-state index < -0.39 is 8.07 Å². The van der Waals surface area contributed by atoms with Crippen LogP contribution in [0.4, 0.5) is 17.1 Å². The van der Waals surface area contributed by atoms with Crippen LogP contribution in [0.15, 0.2) is 176 Å². The lowest BCUT2D eigenvalue weighted by atomic mass is 9.96. The summed E-state index contributed by atoms with van der Waals surface area (Å²) in [6.07, 6.45) is 0. The van der Waals surface area contributed by atoms with Crippen LogP contribution in [0.2, 0.25) is 13.1 Å². The molecule has 10 rings (SSSR count). The Balaban J connectivity index is 1.23. The van der Waals surface area contributed by atoms with E-state index in [1.54, 1.807) is 5.19 Å². The summed E-state index contributed by atoms with van der Waals surface area (Å²) in [5.74, 6) is 0. The molecule has 3 heteroatoms. The van der Waals surface area contributed by atoms with Crippen LogP contribution in [0.3, 0.4) is 0 Å². The highest BCUT2D eigenvalue weighted by Gasteiger charge is 2.39. The maximum atomic E-state index is 2.53. The Kier molecular flexibility index (Phi) is 6.89. The molecule has 0 fully saturated rings. The van der Waals surface area contributed by atoms with E-state index in [1.165, 1.54) is 75.2 Å². The molecule has 242 valence electrons. The van der Waals surface area contributed by atoms with Crippen LogP contribution in [0, 0.1) is 0 Å². The molecule has 0 spiro atoms. The maximum Gasteiger partial charge on any atom is 0.113 e. The van der Waals surface area contributed by atoms with Crippen LogP contribution in [-0.4, -0.2) is 8.07 Å². The average Bonchev–Trinajstić information content (AvgIpc) is 3.67. The number of nitrogens with zero attached hydrogens (tertiary/aromatic N) is 1. The topological polar surface area (TPSA) is 3.24 Å². The van der Waals surface area contributed by atoms with Crippen molar-refractivity contribution in [3.8, 4) is 33.4 Å². The normalized spacial score (nSPS) is 13.1. The Bertz CT molecular complexity index is 2790. The fourth-order valence-corrected chi connectivity index (χ4v) is 12.6. The molecule has 1 nitrogen and oxygen atoms in total. The summed E-state index contributed by atoms with van der Waals surface area (Å²) in [5, 5.41) is 8.34. The van der Waals surface area contributed by atoms with Crippen molar-refractivity contribution in [3.05, 3.63) is 176 Å². The molecule has 2 heterocycles. The van der Waals surface area contributed by atoms with Crippen LogP contribution in [0.1, 0.15) is 0 Å². The molecule has 1 aliphatic heterocycles. The summed E-state index contributed by atoms with van der Waals surface area (Å²) in [6.45, 7) is 5.07. The minimum atomic E-state index is -2.05. The fourth-order valence-electron chi connectivity index (χ4n) is 8.38. The van der Waals surface area contributed by atoms with Crippen LogP contribution in [0.25, 0.3) is 64.3 Å². The Morgan fingerprint density at radius 1 is 0.451 bits per heavy atom. The molecular formula is C48H35NSSi. The lowest BCUT2D eigenvalue weighted by molar-refractivity contribution is 1.29. The van der Waals surface area contributed by atoms with E-state index in [4.69, 9.17) is 0 Å². The summed E-state index contributed by atoms with van der Waals surface area (Å²) in [4.78, 5) is 2.51. The second kappa shape index (κ2) is 11.7. The number of thiophene rings is 1. The van der Waals surface area contributed by atoms with E-state index >= 15 is 0 Å². The number of hydrogen-bond acceptors (Lipinski definition) is 2. The number of fused-ring (bicyclic) bond motifs is 8. The summed E-state index contributed by atoms with van der Waals surface area (Å²) in [5.41, 5.74) is 11.2. The predicted molar refractivity (Wildman–Crippen MR) is 225 cm³/mol. The Morgan fingerprint density at radius 2 is 1.12 bits per heavy atom. The number of benzene rings is 8. The van der Waals surface area contributed by atoms with Gasteiger partial charge in [0.25, 0.3) is 0 Å². The highest BCUT2D eigenvalue weighted by atomic mass is 32.1. The van der Waals surface area contributed by atoms with Crippen LogP contribution < -0.4 is 15.3 Å². The second-order valence-corrected chi connectivity index (χ2v) is 19.5. The van der Waals surface area contributed by atoms with Crippen molar-refractivity contribution in [1.82, 2.24) is 0 Å². The molecule has 0 N–H and O–H groups in total. The van der Waals surface area contributed by atoms with E-state index in [-0.39, 0.29) is 0 Å². The molecular weight excluding hydrogens is 651 g/mol. The standard InChI is InChI=1S/C48H35NSSi/c1-51(2)45-29-28-44-47(39-20-10-13-23-43(39)50-44)48(45)40-27-26-36(31-46(40)51)49(41-21-11-8-18-37(41)33-15-4-3-5-16-33)42-22-12-9-19-38(42)35-25-24-32-14-6-7-17-34(32)30-35/h3-31H,1-2H3. The zero-order valence-corrected chi connectivity index (χ0v) is 30.4. The average molecular weight is 686 g/mol. The van der Waals surface area contributed by atoms with Gasteiger partial charge in [0.05, 0.1) is 11.4 Å². The molecule has 0 saturated heterocycles. The van der Waals surface area contributed by atoms with Gasteiger partial charge in [0.1, 0.15) is 8.07 Å². The zero-order valence-electron chi connectivity index (χ0n) is 28.6. The third kappa shape index (κ3) is 4.73. The molecule has 51 heavy (non-hydrogen) atoms. The van der Waals surface area contributed by atoms with Crippen molar-refractivity contribution < 1.29 is 0 Å². The van der Waals surface area contributed by atoms with Gasteiger partial charge in [0.2, 0.25) is 0 Å². The second-order valence-electron chi connectivity index (χ2n) is 14.1. The lowest BCUT2D eigenvalue weighted by Crippen LogP contribution is -2.49. The zero-order chi connectivity index (χ0) is 34.1. The predicted octanol–water partition coefficient (Wildman–Crippen LogP) is 12.8. The highest BCUT2D eigenvalue weighted by molar-refractivity contribution is 7.26. The fraction of sp³-hybridized carbons (Fsp3) is 0.0417. The first kappa shape index (κ1) is 30.1. The van der Waals surface area contributed by atoms with Crippen LogP contribution in [-0.2, 0) is 0 Å². The van der Waals surface area contributed by atoms with Crippen molar-refractivity contribution >= 4 is 77.8 Å². The molecule has 0 amide bonds. The van der Waals surface area contributed by atoms with E-state index in [0.717, 1.165) is 11.4 Å². The van der Waals surface area contributed by atoms with Gasteiger partial charge in [-0.15, -0.1) is 11.3 Å². The maximum absolute atomic E-state index is 2.53. The molecule has 0 bridgehead atoms. The summed E-state index contributed by atoms with van der Waals surface area (Å²) >= 11 is 1.91. The summed E-state index contributed by atoms with van der Waals surface area (Å²) in [7, 11) is -2.05. The molecule has 8 aromatic carbocycles. The van der Waals surface area contributed by atoms with Gasteiger partial charge < -0.3 is 4.90 Å². The van der Waals surface area contributed by atoms with E-state index in [1.807, 2.05) is 11.3 Å². The van der Waals surface area contributed by atoms with E-state index in [0.29, 0.717) is 0 Å². The van der Waals surface area contributed by atoms with Crippen molar-refractivity contribution in [2.24, 2.45) is 0 Å². The van der Waals surface area contributed by atoms with Crippen molar-refractivity contribution in [3.63, 3.8) is 0 Å². The first-order valence-corrected chi connectivity index (χ1v) is 21.5. The Hall–Kier alpha value is -5.74. The minimum absolute atomic E-state index is 1.16. The van der Waals surface area contributed by atoms with Gasteiger partial charge in [0, 0.05) is 37.0 Å².